The van der Waals surface area contributed by atoms with Crippen molar-refractivity contribution in [1.29, 1.82) is 0 Å². The Balaban J connectivity index is 3.12. The van der Waals surface area contributed by atoms with E-state index in [4.69, 9.17) is 5.11 Å². The van der Waals surface area contributed by atoms with E-state index in [0.717, 1.165) is 0 Å². The van der Waals surface area contributed by atoms with Crippen molar-refractivity contribution < 1.29 is 19.1 Å². The Labute approximate surface area is 97.8 Å². The zero-order valence-electron chi connectivity index (χ0n) is 9.45. The number of benzene rings is 1. The van der Waals surface area contributed by atoms with E-state index < -0.39 is 17.7 Å². The summed E-state index contributed by atoms with van der Waals surface area (Å²) in [4.78, 5) is 21.6. The zero-order valence-corrected chi connectivity index (χ0v) is 9.45. The number of rotatable bonds is 3. The summed E-state index contributed by atoms with van der Waals surface area (Å²) >= 11 is 0. The molecule has 0 radical (unpaired) electrons. The van der Waals surface area contributed by atoms with Gasteiger partial charge in [0, 0.05) is 6.92 Å². The van der Waals surface area contributed by atoms with Crippen LogP contribution < -0.4 is 5.32 Å². The van der Waals surface area contributed by atoms with Gasteiger partial charge in [-0.15, -0.1) is 0 Å². The highest BCUT2D eigenvalue weighted by atomic mass is 19.1. The van der Waals surface area contributed by atoms with Gasteiger partial charge in [-0.05, 0) is 36.3 Å². The molecule has 5 heteroatoms. The van der Waals surface area contributed by atoms with Gasteiger partial charge in [0.25, 0.3) is 0 Å². The fraction of sp³-hybridized carbons (Fsp3) is 0.167. The second-order valence-electron chi connectivity index (χ2n) is 3.61. The first kappa shape index (κ1) is 12.9. The average Bonchev–Trinajstić information content (AvgIpc) is 2.13. The maximum absolute atomic E-state index is 13.1. The smallest absolute Gasteiger partial charge is 0.352 e. The summed E-state index contributed by atoms with van der Waals surface area (Å²) in [7, 11) is 0. The average molecular weight is 237 g/mol. The predicted molar refractivity (Wildman–Crippen MR) is 60.6 cm³/mol. The Morgan fingerprint density at radius 2 is 2.00 bits per heavy atom. The summed E-state index contributed by atoms with van der Waals surface area (Å²) in [6.07, 6.45) is 1.21. The normalized spacial score (nSPS) is 11.1. The van der Waals surface area contributed by atoms with Gasteiger partial charge in [0.2, 0.25) is 5.91 Å². The van der Waals surface area contributed by atoms with Crippen molar-refractivity contribution in [1.82, 2.24) is 5.32 Å². The monoisotopic (exact) mass is 237 g/mol. The van der Waals surface area contributed by atoms with Gasteiger partial charge in [-0.2, -0.15) is 0 Å². The standard InChI is InChI=1S/C12H12FNO3/c1-7-3-9(5-10(13)4-7)6-11(12(16)17)14-8(2)15/h3-6H,1-2H3,(H,14,15)(H,16,17)/b11-6+. The lowest BCUT2D eigenvalue weighted by atomic mass is 10.1. The highest BCUT2D eigenvalue weighted by Crippen LogP contribution is 2.11. The Morgan fingerprint density at radius 1 is 1.35 bits per heavy atom. The molecule has 0 aliphatic carbocycles. The van der Waals surface area contributed by atoms with Crippen LogP contribution in [0.4, 0.5) is 4.39 Å². The minimum atomic E-state index is -1.28. The van der Waals surface area contributed by atoms with Gasteiger partial charge < -0.3 is 10.4 Å². The maximum Gasteiger partial charge on any atom is 0.352 e. The summed E-state index contributed by atoms with van der Waals surface area (Å²) in [5, 5.41) is 11.0. The maximum atomic E-state index is 13.1. The third kappa shape index (κ3) is 4.06. The van der Waals surface area contributed by atoms with E-state index >= 15 is 0 Å². The first-order valence-corrected chi connectivity index (χ1v) is 4.88. The Kier molecular flexibility index (Phi) is 3.98. The molecule has 17 heavy (non-hydrogen) atoms. The molecule has 0 aromatic heterocycles. The molecule has 2 N–H and O–H groups in total. The fourth-order valence-corrected chi connectivity index (χ4v) is 1.36. The van der Waals surface area contributed by atoms with E-state index in [1.807, 2.05) is 0 Å². The van der Waals surface area contributed by atoms with E-state index in [1.165, 1.54) is 25.1 Å². The van der Waals surface area contributed by atoms with Crippen LogP contribution in [0.1, 0.15) is 18.1 Å². The number of halogens is 1. The van der Waals surface area contributed by atoms with Crippen molar-refractivity contribution in [3.8, 4) is 0 Å². The van der Waals surface area contributed by atoms with Crippen LogP contribution in [0.5, 0.6) is 0 Å². The molecular weight excluding hydrogens is 225 g/mol. The SMILES string of the molecule is CC(=O)N/C(=C/c1cc(C)cc(F)c1)C(=O)O. The third-order valence-corrected chi connectivity index (χ3v) is 1.92. The predicted octanol–water partition coefficient (Wildman–Crippen LogP) is 1.70. The number of aliphatic carboxylic acids is 1. The second kappa shape index (κ2) is 5.25. The molecule has 0 heterocycles. The first-order chi connectivity index (χ1) is 7.88. The molecule has 0 atom stereocenters. The second-order valence-corrected chi connectivity index (χ2v) is 3.61. The van der Waals surface area contributed by atoms with Crippen molar-refractivity contribution in [2.45, 2.75) is 13.8 Å². The van der Waals surface area contributed by atoms with Gasteiger partial charge in [0.15, 0.2) is 0 Å². The molecule has 90 valence electrons. The number of nitrogens with one attached hydrogen (secondary N) is 1. The van der Waals surface area contributed by atoms with Crippen LogP contribution in [0.3, 0.4) is 0 Å². The van der Waals surface area contributed by atoms with Crippen molar-refractivity contribution in [3.63, 3.8) is 0 Å². The summed E-state index contributed by atoms with van der Waals surface area (Å²) in [5.74, 6) is -2.22. The van der Waals surface area contributed by atoms with Gasteiger partial charge in [-0.25, -0.2) is 9.18 Å². The molecule has 0 saturated carbocycles. The molecule has 0 spiro atoms. The van der Waals surface area contributed by atoms with Crippen molar-refractivity contribution in [2.24, 2.45) is 0 Å². The molecule has 1 amide bonds. The van der Waals surface area contributed by atoms with E-state index in [0.29, 0.717) is 11.1 Å². The Morgan fingerprint density at radius 3 is 2.47 bits per heavy atom. The van der Waals surface area contributed by atoms with E-state index in [-0.39, 0.29) is 5.70 Å². The van der Waals surface area contributed by atoms with E-state index in [9.17, 15) is 14.0 Å². The van der Waals surface area contributed by atoms with Gasteiger partial charge in [0.05, 0.1) is 0 Å². The number of carboxylic acid groups (broad SMARTS) is 1. The molecule has 0 bridgehead atoms. The molecule has 4 nitrogen and oxygen atoms in total. The van der Waals surface area contributed by atoms with Crippen LogP contribution in [0.25, 0.3) is 6.08 Å². The number of carboxylic acids is 1. The number of hydrogen-bond acceptors (Lipinski definition) is 2. The van der Waals surface area contributed by atoms with E-state index in [1.54, 1.807) is 13.0 Å². The van der Waals surface area contributed by atoms with Crippen molar-refractivity contribution >= 4 is 18.0 Å². The molecule has 1 rings (SSSR count). The number of amides is 1. The Bertz CT molecular complexity index is 474. The molecule has 0 aliphatic rings. The molecule has 0 saturated heterocycles. The molecule has 0 fully saturated rings. The summed E-state index contributed by atoms with van der Waals surface area (Å²) in [6.45, 7) is 2.90. The summed E-state index contributed by atoms with van der Waals surface area (Å²) in [6, 6.07) is 4.14. The van der Waals surface area contributed by atoms with Crippen molar-refractivity contribution in [3.05, 3.63) is 40.8 Å². The largest absolute Gasteiger partial charge is 0.477 e. The van der Waals surface area contributed by atoms with Crippen LogP contribution in [-0.2, 0) is 9.59 Å². The van der Waals surface area contributed by atoms with Crippen LogP contribution in [0.2, 0.25) is 0 Å². The molecule has 0 unspecified atom stereocenters. The first-order valence-electron chi connectivity index (χ1n) is 4.88. The molecule has 1 aromatic carbocycles. The molecule has 0 aliphatic heterocycles. The van der Waals surface area contributed by atoms with Gasteiger partial charge in [-0.3, -0.25) is 4.79 Å². The zero-order chi connectivity index (χ0) is 13.0. The third-order valence-electron chi connectivity index (χ3n) is 1.92. The van der Waals surface area contributed by atoms with Gasteiger partial charge in [-0.1, -0.05) is 6.07 Å². The number of aryl methyl sites for hydroxylation is 1. The van der Waals surface area contributed by atoms with Crippen molar-refractivity contribution in [2.75, 3.05) is 0 Å². The van der Waals surface area contributed by atoms with Crippen LogP contribution in [0.15, 0.2) is 23.9 Å². The summed E-state index contributed by atoms with van der Waals surface area (Å²) < 4.78 is 13.1. The lowest BCUT2D eigenvalue weighted by Crippen LogP contribution is -2.24. The molecule has 1 aromatic rings. The van der Waals surface area contributed by atoms with Crippen LogP contribution in [-0.4, -0.2) is 17.0 Å². The van der Waals surface area contributed by atoms with E-state index in [2.05, 4.69) is 5.32 Å². The van der Waals surface area contributed by atoms with Crippen LogP contribution in [0, 0.1) is 12.7 Å². The lowest BCUT2D eigenvalue weighted by molar-refractivity contribution is -0.134. The van der Waals surface area contributed by atoms with Gasteiger partial charge in [0.1, 0.15) is 11.5 Å². The Hall–Kier alpha value is -2.17. The highest BCUT2D eigenvalue weighted by molar-refractivity contribution is 5.96. The summed E-state index contributed by atoms with van der Waals surface area (Å²) in [5.41, 5.74) is 0.764. The quantitative estimate of drug-likeness (QED) is 0.786. The number of carbonyl (C=O) groups is 2. The minimum absolute atomic E-state index is 0.289. The highest BCUT2D eigenvalue weighted by Gasteiger charge is 2.09. The number of carbonyl (C=O) groups excluding carboxylic acids is 1. The lowest BCUT2D eigenvalue weighted by Gasteiger charge is -2.03. The fourth-order valence-electron chi connectivity index (χ4n) is 1.36. The topological polar surface area (TPSA) is 66.4 Å². The minimum Gasteiger partial charge on any atom is -0.477 e. The number of hydrogen-bond donors (Lipinski definition) is 2. The molecular formula is C12H12FNO3. The van der Waals surface area contributed by atoms with Crippen LogP contribution >= 0.6 is 0 Å². The van der Waals surface area contributed by atoms with Gasteiger partial charge >= 0.3 is 5.97 Å².